The molecule has 1 nitrogen and oxygen atoms in total. The van der Waals surface area contributed by atoms with Gasteiger partial charge in [0.2, 0.25) is 0 Å². The Labute approximate surface area is 136 Å². The van der Waals surface area contributed by atoms with Gasteiger partial charge >= 0.3 is 0 Å². The van der Waals surface area contributed by atoms with E-state index in [0.29, 0.717) is 6.10 Å². The monoisotopic (exact) mass is 370 g/mol. The molecule has 0 aliphatic carbocycles. The molecule has 0 spiro atoms. The van der Waals surface area contributed by atoms with E-state index in [9.17, 15) is 0 Å². The van der Waals surface area contributed by atoms with Crippen molar-refractivity contribution in [2.75, 3.05) is 5.75 Å². The maximum Gasteiger partial charge on any atom is 0.0276 e. The molecule has 0 bridgehead atoms. The zero-order valence-electron chi connectivity index (χ0n) is 5.41. The van der Waals surface area contributed by atoms with Crippen molar-refractivity contribution in [3.8, 4) is 0 Å². The zero-order valence-corrected chi connectivity index (χ0v) is 14.7. The minimum absolute atomic E-state index is 0. The molecule has 0 amide bonds. The fourth-order valence-electron chi connectivity index (χ4n) is 0.348. The smallest absolute Gasteiger partial charge is 0.0276 e. The Morgan fingerprint density at radius 1 is 1.44 bits per heavy atom. The molecule has 3 radical (unpaired) electrons. The topological polar surface area (TPSA) is 9.23 Å². The van der Waals surface area contributed by atoms with Crippen molar-refractivity contribution in [2.24, 2.45) is 0 Å². The van der Waals surface area contributed by atoms with Gasteiger partial charge in [0.25, 0.3) is 0 Å². The van der Waals surface area contributed by atoms with Crippen molar-refractivity contribution in [1.82, 2.24) is 0 Å². The van der Waals surface area contributed by atoms with Crippen molar-refractivity contribution in [1.29, 1.82) is 0 Å². The molecule has 1 rings (SSSR count). The summed E-state index contributed by atoms with van der Waals surface area (Å²) in [6.07, 6.45) is 0.454. The molecule has 9 heavy (non-hydrogen) atoms. The first-order valence-corrected chi connectivity index (χ1v) is 3.03. The van der Waals surface area contributed by atoms with Gasteiger partial charge in [-0.15, -0.1) is 0 Å². The summed E-state index contributed by atoms with van der Waals surface area (Å²) in [4.78, 5) is 0. The van der Waals surface area contributed by atoms with Gasteiger partial charge in [-0.05, 0) is 12.7 Å². The molecule has 45 valence electrons. The summed E-state index contributed by atoms with van der Waals surface area (Å²) in [6, 6.07) is 0. The molecule has 1 unspecified atom stereocenters. The van der Waals surface area contributed by atoms with Crippen molar-refractivity contribution in [2.45, 2.75) is 13.0 Å². The predicted octanol–water partition coefficient (Wildman–Crippen LogP) is 1.25. The molecule has 1 heterocycles. The maximum atomic E-state index is 4.99. The Morgan fingerprint density at radius 3 is 2.11 bits per heavy atom. The first kappa shape index (κ1) is 18.4. The van der Waals surface area contributed by atoms with Gasteiger partial charge in [-0.2, -0.15) is 5.94 Å². The van der Waals surface area contributed by atoms with Crippen LogP contribution in [0.2, 0.25) is 0 Å². The van der Waals surface area contributed by atoms with Crippen LogP contribution in [0.3, 0.4) is 0 Å². The molecule has 0 N–H and O–H groups in total. The number of thioether (sulfide) groups is 1. The van der Waals surface area contributed by atoms with Crippen LogP contribution in [-0.4, -0.2) is 11.9 Å². The minimum Gasteiger partial charge on any atom is -0.539 e. The fourth-order valence-corrected chi connectivity index (χ4v) is 1.04. The molecular formula is C4H7OSY3-. The van der Waals surface area contributed by atoms with Gasteiger partial charge in [0.1, 0.15) is 0 Å². The Bertz CT molecular complexity index is 49.1. The molecule has 1 aliphatic heterocycles. The molecule has 0 saturated carbocycles. The number of rotatable bonds is 0. The first-order chi connectivity index (χ1) is 2.89. The molecule has 1 aliphatic rings. The number of ether oxygens (including phenoxy) is 1. The van der Waals surface area contributed by atoms with Gasteiger partial charge in [0.15, 0.2) is 0 Å². The molecular weight excluding hydrogens is 363 g/mol. The third-order valence-electron chi connectivity index (χ3n) is 0.687. The molecule has 0 aromatic carbocycles. The molecule has 0 aromatic rings. The van der Waals surface area contributed by atoms with Gasteiger partial charge in [0.05, 0.1) is 0 Å². The summed E-state index contributed by atoms with van der Waals surface area (Å²) in [5.41, 5.74) is 0. The van der Waals surface area contributed by atoms with Crippen molar-refractivity contribution >= 4 is 11.8 Å². The van der Waals surface area contributed by atoms with E-state index in [1.165, 1.54) is 0 Å². The average Bonchev–Trinajstić information content (AvgIpc) is 1.86. The Hall–Kier alpha value is 3.62. The summed E-state index contributed by atoms with van der Waals surface area (Å²) in [5.74, 6) is 2.92. The Balaban J connectivity index is -0.000000120. The number of hydrogen-bond acceptors (Lipinski definition) is 2. The van der Waals surface area contributed by atoms with E-state index in [1.54, 1.807) is 17.7 Å². The average molecular weight is 370 g/mol. The van der Waals surface area contributed by atoms with Crippen LogP contribution in [0.15, 0.2) is 0 Å². The summed E-state index contributed by atoms with van der Waals surface area (Å²) in [5, 5.41) is 0. The van der Waals surface area contributed by atoms with Gasteiger partial charge in [0, 0.05) is 104 Å². The quantitative estimate of drug-likeness (QED) is 0.594. The van der Waals surface area contributed by atoms with E-state index in [-0.39, 0.29) is 98.1 Å². The van der Waals surface area contributed by atoms with E-state index < -0.39 is 0 Å². The summed E-state index contributed by atoms with van der Waals surface area (Å²) < 4.78 is 4.99. The van der Waals surface area contributed by atoms with Crippen LogP contribution in [0, 0.1) is 5.94 Å². The second kappa shape index (κ2) is 11.6. The van der Waals surface area contributed by atoms with Crippen molar-refractivity contribution < 1.29 is 103 Å². The van der Waals surface area contributed by atoms with E-state index in [4.69, 9.17) is 4.74 Å². The Morgan fingerprint density at radius 2 is 2.00 bits per heavy atom. The van der Waals surface area contributed by atoms with Crippen LogP contribution >= 0.6 is 11.8 Å². The van der Waals surface area contributed by atoms with Crippen molar-refractivity contribution in [3.63, 3.8) is 0 Å². The normalized spacial score (nSPS) is 23.0. The van der Waals surface area contributed by atoms with Crippen LogP contribution in [0.5, 0.6) is 0 Å². The summed E-state index contributed by atoms with van der Waals surface area (Å²) in [7, 11) is 0. The molecule has 1 atom stereocenters. The largest absolute Gasteiger partial charge is 0.539 e. The van der Waals surface area contributed by atoms with E-state index in [2.05, 4.69) is 6.92 Å². The molecule has 5 heteroatoms. The second-order valence-corrected chi connectivity index (χ2v) is 2.24. The fraction of sp³-hybridized carbons (Fsp3) is 0.750. The number of hydrogen-bond donors (Lipinski definition) is 0. The van der Waals surface area contributed by atoms with Crippen LogP contribution in [0.4, 0.5) is 0 Å². The molecule has 1 saturated heterocycles. The van der Waals surface area contributed by atoms with Crippen molar-refractivity contribution in [3.05, 3.63) is 5.94 Å². The second-order valence-electron chi connectivity index (χ2n) is 1.38. The third-order valence-corrected chi connectivity index (χ3v) is 1.60. The zero-order chi connectivity index (χ0) is 4.41. The van der Waals surface area contributed by atoms with Crippen LogP contribution < -0.4 is 0 Å². The van der Waals surface area contributed by atoms with E-state index in [0.717, 1.165) is 5.75 Å². The third kappa shape index (κ3) is 9.54. The predicted molar refractivity (Wildman–Crippen MR) is 27.3 cm³/mol. The Kier molecular flexibility index (Phi) is 23.8. The van der Waals surface area contributed by atoms with Gasteiger partial charge in [-0.3, -0.25) is 0 Å². The SMILES string of the molecule is CC1CS[CH-]O1.[Y].[Y].[Y]. The van der Waals surface area contributed by atoms with Crippen LogP contribution in [-0.2, 0) is 103 Å². The standard InChI is InChI=1S/C4H7OS.3Y/c1-4-2-6-3-5-4;;;/h3-4H,2H2,1H3;;;/q-1;;;. The van der Waals surface area contributed by atoms with Crippen LogP contribution in [0.25, 0.3) is 0 Å². The van der Waals surface area contributed by atoms with E-state index >= 15 is 0 Å². The maximum absolute atomic E-state index is 4.99. The first-order valence-electron chi connectivity index (χ1n) is 1.98. The molecule has 1 fully saturated rings. The van der Waals surface area contributed by atoms with Crippen LogP contribution in [0.1, 0.15) is 6.92 Å². The van der Waals surface area contributed by atoms with E-state index in [1.807, 2.05) is 0 Å². The summed E-state index contributed by atoms with van der Waals surface area (Å²) >= 11 is 1.73. The van der Waals surface area contributed by atoms with Gasteiger partial charge in [-0.25, -0.2) is 0 Å². The minimum atomic E-state index is 0. The summed E-state index contributed by atoms with van der Waals surface area (Å²) in [6.45, 7) is 2.07. The van der Waals surface area contributed by atoms with Gasteiger partial charge < -0.3 is 16.5 Å². The van der Waals surface area contributed by atoms with Gasteiger partial charge in [-0.1, -0.05) is 0 Å². The molecule has 0 aromatic heterocycles.